The van der Waals surface area contributed by atoms with Crippen molar-refractivity contribution in [3.05, 3.63) is 34.6 Å². The average Bonchev–Trinajstić information content (AvgIpc) is 2.69. The molecule has 8 heteroatoms. The van der Waals surface area contributed by atoms with Gasteiger partial charge in [-0.15, -0.1) is 0 Å². The SMILES string of the molecule is O=C1CO[C@H]2CCN(C(=O)N3CCC(Cc4ccc(F)cc4Cl)CC3)C[C@H]2N1. The van der Waals surface area contributed by atoms with Crippen LogP contribution in [0.1, 0.15) is 24.8 Å². The molecule has 0 bridgehead atoms. The number of rotatable bonds is 2. The molecule has 6 nitrogen and oxygen atoms in total. The van der Waals surface area contributed by atoms with Crippen LogP contribution in [0.3, 0.4) is 0 Å². The van der Waals surface area contributed by atoms with E-state index in [1.54, 1.807) is 6.07 Å². The van der Waals surface area contributed by atoms with E-state index in [0.717, 1.165) is 31.2 Å². The van der Waals surface area contributed by atoms with Crippen molar-refractivity contribution in [2.45, 2.75) is 37.8 Å². The van der Waals surface area contributed by atoms with E-state index >= 15 is 0 Å². The molecule has 3 heterocycles. The number of amides is 3. The lowest BCUT2D eigenvalue weighted by Gasteiger charge is -2.43. The van der Waals surface area contributed by atoms with Gasteiger partial charge in [-0.25, -0.2) is 9.18 Å². The summed E-state index contributed by atoms with van der Waals surface area (Å²) in [6, 6.07) is 4.47. The number of morpholine rings is 1. The molecular weight excluding hydrogens is 385 g/mol. The highest BCUT2D eigenvalue weighted by Crippen LogP contribution is 2.27. The van der Waals surface area contributed by atoms with Gasteiger partial charge in [0, 0.05) is 31.2 Å². The monoisotopic (exact) mass is 409 g/mol. The minimum absolute atomic E-state index is 0.00736. The molecule has 1 N–H and O–H groups in total. The topological polar surface area (TPSA) is 61.9 Å². The maximum Gasteiger partial charge on any atom is 0.320 e. The van der Waals surface area contributed by atoms with E-state index in [1.165, 1.54) is 12.1 Å². The summed E-state index contributed by atoms with van der Waals surface area (Å²) in [5.74, 6) is -0.00269. The van der Waals surface area contributed by atoms with Crippen molar-refractivity contribution in [3.8, 4) is 0 Å². The number of piperidine rings is 2. The van der Waals surface area contributed by atoms with Crippen LogP contribution in [0.4, 0.5) is 9.18 Å². The van der Waals surface area contributed by atoms with Gasteiger partial charge < -0.3 is 19.9 Å². The molecule has 0 spiro atoms. The smallest absolute Gasteiger partial charge is 0.320 e. The predicted octanol–water partition coefficient (Wildman–Crippen LogP) is 2.44. The number of urea groups is 1. The molecule has 1 aromatic carbocycles. The first-order valence-electron chi connectivity index (χ1n) is 9.88. The summed E-state index contributed by atoms with van der Waals surface area (Å²) in [7, 11) is 0. The number of carbonyl (C=O) groups excluding carboxylic acids is 2. The molecule has 2 atom stereocenters. The molecule has 0 saturated carbocycles. The maximum absolute atomic E-state index is 13.2. The molecule has 28 heavy (non-hydrogen) atoms. The standard InChI is InChI=1S/C20H25ClFN3O3/c21-16-10-15(22)2-1-14(16)9-13-3-6-24(7-4-13)20(27)25-8-5-18-17(11-25)23-19(26)12-28-18/h1-2,10,13,17-18H,3-9,11-12H2,(H,23,26)/t17-,18+/m1/s1. The van der Waals surface area contributed by atoms with E-state index in [4.69, 9.17) is 16.3 Å². The van der Waals surface area contributed by atoms with Crippen molar-refractivity contribution < 1.29 is 18.7 Å². The lowest BCUT2D eigenvalue weighted by Crippen LogP contribution is -2.62. The van der Waals surface area contributed by atoms with Crippen LogP contribution >= 0.6 is 11.6 Å². The second-order valence-corrected chi connectivity index (χ2v) is 8.32. The third-order valence-corrected chi connectivity index (χ3v) is 6.36. The maximum atomic E-state index is 13.2. The van der Waals surface area contributed by atoms with Crippen LogP contribution in [-0.2, 0) is 16.0 Å². The quantitative estimate of drug-likeness (QED) is 0.816. The number of ether oxygens (including phenoxy) is 1. The molecule has 3 aliphatic rings. The average molecular weight is 410 g/mol. The molecule has 152 valence electrons. The minimum Gasteiger partial charge on any atom is -0.366 e. The number of carbonyl (C=O) groups is 2. The molecule has 0 radical (unpaired) electrons. The predicted molar refractivity (Wildman–Crippen MR) is 103 cm³/mol. The summed E-state index contributed by atoms with van der Waals surface area (Å²) in [5.41, 5.74) is 0.961. The Hall–Kier alpha value is -1.86. The van der Waals surface area contributed by atoms with E-state index in [1.807, 2.05) is 9.80 Å². The molecule has 0 unspecified atom stereocenters. The molecule has 0 aromatic heterocycles. The second kappa shape index (κ2) is 8.25. The summed E-state index contributed by atoms with van der Waals surface area (Å²) in [6.45, 7) is 2.67. The Kier molecular flexibility index (Phi) is 5.73. The van der Waals surface area contributed by atoms with Gasteiger partial charge in [0.25, 0.3) is 0 Å². The first-order chi connectivity index (χ1) is 13.5. The second-order valence-electron chi connectivity index (χ2n) is 7.91. The number of hydrogen-bond donors (Lipinski definition) is 1. The summed E-state index contributed by atoms with van der Waals surface area (Å²) in [5, 5.41) is 3.40. The number of halogens is 2. The van der Waals surface area contributed by atoms with E-state index in [-0.39, 0.29) is 36.5 Å². The highest BCUT2D eigenvalue weighted by Gasteiger charge is 2.38. The van der Waals surface area contributed by atoms with Gasteiger partial charge in [-0.2, -0.15) is 0 Å². The van der Waals surface area contributed by atoms with Crippen LogP contribution in [0.25, 0.3) is 0 Å². The van der Waals surface area contributed by atoms with Crippen LogP contribution in [0.15, 0.2) is 18.2 Å². The van der Waals surface area contributed by atoms with Crippen molar-refractivity contribution in [1.29, 1.82) is 0 Å². The number of benzene rings is 1. The number of fused-ring (bicyclic) bond motifs is 1. The Morgan fingerprint density at radius 3 is 2.71 bits per heavy atom. The van der Waals surface area contributed by atoms with E-state index in [9.17, 15) is 14.0 Å². The lowest BCUT2D eigenvalue weighted by molar-refractivity contribution is -0.139. The molecule has 0 aliphatic carbocycles. The van der Waals surface area contributed by atoms with Crippen LogP contribution < -0.4 is 5.32 Å². The summed E-state index contributed by atoms with van der Waals surface area (Å²) in [4.78, 5) is 28.2. The number of nitrogens with one attached hydrogen (secondary N) is 1. The van der Waals surface area contributed by atoms with Crippen LogP contribution in [0, 0.1) is 11.7 Å². The van der Waals surface area contributed by atoms with Crippen molar-refractivity contribution in [1.82, 2.24) is 15.1 Å². The summed E-state index contributed by atoms with van der Waals surface area (Å²) in [6.07, 6.45) is 3.36. The van der Waals surface area contributed by atoms with E-state index < -0.39 is 0 Å². The highest BCUT2D eigenvalue weighted by molar-refractivity contribution is 6.31. The zero-order valence-electron chi connectivity index (χ0n) is 15.7. The molecule has 3 saturated heterocycles. The zero-order valence-corrected chi connectivity index (χ0v) is 16.5. The highest BCUT2D eigenvalue weighted by atomic mass is 35.5. The third kappa shape index (κ3) is 4.25. The summed E-state index contributed by atoms with van der Waals surface area (Å²) >= 11 is 6.14. The van der Waals surface area contributed by atoms with Crippen molar-refractivity contribution in [2.24, 2.45) is 5.92 Å². The fourth-order valence-corrected chi connectivity index (χ4v) is 4.64. The minimum atomic E-state index is -0.322. The third-order valence-electron chi connectivity index (χ3n) is 6.00. The Balaban J connectivity index is 1.28. The van der Waals surface area contributed by atoms with Gasteiger partial charge in [0.1, 0.15) is 12.4 Å². The van der Waals surface area contributed by atoms with Gasteiger partial charge in [-0.1, -0.05) is 17.7 Å². The normalized spacial score (nSPS) is 26.0. The van der Waals surface area contributed by atoms with Crippen LogP contribution in [0.2, 0.25) is 5.02 Å². The van der Waals surface area contributed by atoms with Gasteiger partial charge in [0.05, 0.1) is 12.1 Å². The Morgan fingerprint density at radius 2 is 1.96 bits per heavy atom. The number of nitrogens with zero attached hydrogens (tertiary/aromatic N) is 2. The summed E-state index contributed by atoms with van der Waals surface area (Å²) < 4.78 is 18.8. The molecule has 3 aliphatic heterocycles. The molecule has 3 amide bonds. The van der Waals surface area contributed by atoms with Crippen molar-refractivity contribution in [3.63, 3.8) is 0 Å². The van der Waals surface area contributed by atoms with E-state index in [0.29, 0.717) is 37.1 Å². The van der Waals surface area contributed by atoms with Crippen LogP contribution in [-0.4, -0.2) is 66.7 Å². The van der Waals surface area contributed by atoms with Crippen LogP contribution in [0.5, 0.6) is 0 Å². The van der Waals surface area contributed by atoms with Gasteiger partial charge in [0.15, 0.2) is 0 Å². The molecule has 1 aromatic rings. The lowest BCUT2D eigenvalue weighted by atomic mass is 9.90. The van der Waals surface area contributed by atoms with E-state index in [2.05, 4.69) is 5.32 Å². The molecule has 3 fully saturated rings. The Bertz CT molecular complexity index is 754. The van der Waals surface area contributed by atoms with Crippen molar-refractivity contribution >= 4 is 23.5 Å². The fraction of sp³-hybridized carbons (Fsp3) is 0.600. The van der Waals surface area contributed by atoms with Gasteiger partial charge in [0.2, 0.25) is 5.91 Å². The number of likely N-dealkylation sites (tertiary alicyclic amines) is 2. The van der Waals surface area contributed by atoms with Gasteiger partial charge >= 0.3 is 6.03 Å². The molecular formula is C20H25ClFN3O3. The van der Waals surface area contributed by atoms with Gasteiger partial charge in [-0.05, 0) is 49.3 Å². The largest absolute Gasteiger partial charge is 0.366 e. The number of hydrogen-bond acceptors (Lipinski definition) is 3. The molecule has 4 rings (SSSR count). The van der Waals surface area contributed by atoms with Crippen molar-refractivity contribution in [2.75, 3.05) is 32.8 Å². The Labute approximate surface area is 168 Å². The first-order valence-corrected chi connectivity index (χ1v) is 10.3. The van der Waals surface area contributed by atoms with Gasteiger partial charge in [-0.3, -0.25) is 4.79 Å². The Morgan fingerprint density at radius 1 is 1.21 bits per heavy atom. The zero-order chi connectivity index (χ0) is 19.7. The first kappa shape index (κ1) is 19.5. The fourth-order valence-electron chi connectivity index (χ4n) is 4.40.